The van der Waals surface area contributed by atoms with E-state index in [0.717, 1.165) is 6.42 Å². The van der Waals surface area contributed by atoms with E-state index >= 15 is 0 Å². The minimum absolute atomic E-state index is 0.0148. The molecule has 0 aliphatic heterocycles. The van der Waals surface area contributed by atoms with Crippen LogP contribution in [0.15, 0.2) is 29.2 Å². The first-order valence-electron chi connectivity index (χ1n) is 6.48. The summed E-state index contributed by atoms with van der Waals surface area (Å²) in [5.74, 6) is -0.381. The maximum atomic E-state index is 12.3. The largest absolute Gasteiger partial charge is 0.389 e. The Hall–Kier alpha value is -1.51. The van der Waals surface area contributed by atoms with E-state index in [4.69, 9.17) is 18.0 Å². The SMILES string of the molecule is CCCNC(=O)C(C)NS(=O)(=O)c1ccccc1C(N)=S. The summed E-state index contributed by atoms with van der Waals surface area (Å²) in [7, 11) is -3.88. The third-order valence-electron chi connectivity index (χ3n) is 2.72. The molecule has 1 atom stereocenters. The van der Waals surface area contributed by atoms with Crippen molar-refractivity contribution in [2.45, 2.75) is 31.2 Å². The van der Waals surface area contributed by atoms with Gasteiger partial charge in [-0.1, -0.05) is 37.3 Å². The molecule has 21 heavy (non-hydrogen) atoms. The molecular formula is C13H19N3O3S2. The van der Waals surface area contributed by atoms with Crippen LogP contribution in [-0.4, -0.2) is 31.9 Å². The summed E-state index contributed by atoms with van der Waals surface area (Å²) in [5, 5.41) is 2.63. The van der Waals surface area contributed by atoms with Crippen molar-refractivity contribution in [2.75, 3.05) is 6.54 Å². The Morgan fingerprint density at radius 2 is 2.00 bits per heavy atom. The molecule has 0 heterocycles. The summed E-state index contributed by atoms with van der Waals surface area (Å²) in [5.41, 5.74) is 5.78. The quantitative estimate of drug-likeness (QED) is 0.633. The summed E-state index contributed by atoms with van der Waals surface area (Å²) >= 11 is 4.85. The van der Waals surface area contributed by atoms with Crippen molar-refractivity contribution < 1.29 is 13.2 Å². The summed E-state index contributed by atoms with van der Waals surface area (Å²) in [6, 6.07) is 5.25. The van der Waals surface area contributed by atoms with E-state index in [2.05, 4.69) is 10.0 Å². The number of carbonyl (C=O) groups is 1. The Kier molecular flexibility index (Phi) is 6.25. The van der Waals surface area contributed by atoms with Crippen LogP contribution in [0.2, 0.25) is 0 Å². The number of nitrogens with two attached hydrogens (primary N) is 1. The van der Waals surface area contributed by atoms with Crippen molar-refractivity contribution in [1.82, 2.24) is 10.0 Å². The van der Waals surface area contributed by atoms with Crippen molar-refractivity contribution in [3.8, 4) is 0 Å². The van der Waals surface area contributed by atoms with Crippen LogP contribution in [0.25, 0.3) is 0 Å². The van der Waals surface area contributed by atoms with E-state index in [1.807, 2.05) is 6.92 Å². The maximum Gasteiger partial charge on any atom is 0.241 e. The van der Waals surface area contributed by atoms with Crippen LogP contribution in [0.1, 0.15) is 25.8 Å². The van der Waals surface area contributed by atoms with Crippen molar-refractivity contribution >= 4 is 33.1 Å². The minimum atomic E-state index is -3.88. The molecule has 0 saturated heterocycles. The predicted molar refractivity (Wildman–Crippen MR) is 85.4 cm³/mol. The average molecular weight is 329 g/mol. The lowest BCUT2D eigenvalue weighted by Gasteiger charge is -2.15. The second-order valence-corrected chi connectivity index (χ2v) is 6.62. The second-order valence-electron chi connectivity index (χ2n) is 4.49. The molecule has 1 rings (SSSR count). The van der Waals surface area contributed by atoms with Gasteiger partial charge in [-0.15, -0.1) is 0 Å². The number of carbonyl (C=O) groups excluding carboxylic acids is 1. The summed E-state index contributed by atoms with van der Waals surface area (Å²) in [6.45, 7) is 3.88. The van der Waals surface area contributed by atoms with Gasteiger partial charge >= 0.3 is 0 Å². The number of sulfonamides is 1. The highest BCUT2D eigenvalue weighted by atomic mass is 32.2. The lowest BCUT2D eigenvalue weighted by atomic mass is 10.2. The Bertz CT molecular complexity index is 629. The van der Waals surface area contributed by atoms with Gasteiger partial charge in [-0.3, -0.25) is 4.79 Å². The molecule has 4 N–H and O–H groups in total. The molecule has 0 radical (unpaired) electrons. The fourth-order valence-corrected chi connectivity index (χ4v) is 3.32. The van der Waals surface area contributed by atoms with Gasteiger partial charge in [-0.25, -0.2) is 8.42 Å². The molecule has 0 aromatic heterocycles. The van der Waals surface area contributed by atoms with Gasteiger partial charge in [0.2, 0.25) is 15.9 Å². The third-order valence-corrected chi connectivity index (χ3v) is 4.54. The minimum Gasteiger partial charge on any atom is -0.389 e. The number of hydrogen-bond acceptors (Lipinski definition) is 4. The predicted octanol–water partition coefficient (Wildman–Crippen LogP) is 0.514. The van der Waals surface area contributed by atoms with Crippen LogP contribution in [0.5, 0.6) is 0 Å². The van der Waals surface area contributed by atoms with E-state index in [1.165, 1.54) is 19.1 Å². The normalized spacial score (nSPS) is 12.7. The molecular weight excluding hydrogens is 310 g/mol. The Morgan fingerprint density at radius 3 is 2.57 bits per heavy atom. The van der Waals surface area contributed by atoms with Gasteiger partial charge in [-0.05, 0) is 19.4 Å². The van der Waals surface area contributed by atoms with Crippen molar-refractivity contribution in [3.63, 3.8) is 0 Å². The van der Waals surface area contributed by atoms with Crippen LogP contribution in [0, 0.1) is 0 Å². The smallest absolute Gasteiger partial charge is 0.241 e. The fourth-order valence-electron chi connectivity index (χ4n) is 1.66. The molecule has 0 aliphatic rings. The van der Waals surface area contributed by atoms with Gasteiger partial charge in [0.1, 0.15) is 4.99 Å². The average Bonchev–Trinajstić information content (AvgIpc) is 2.44. The fraction of sp³-hybridized carbons (Fsp3) is 0.385. The zero-order valence-corrected chi connectivity index (χ0v) is 13.6. The molecule has 0 bridgehead atoms. The van der Waals surface area contributed by atoms with Gasteiger partial charge in [0.25, 0.3) is 0 Å². The molecule has 8 heteroatoms. The first kappa shape index (κ1) is 17.5. The van der Waals surface area contributed by atoms with Crippen LogP contribution >= 0.6 is 12.2 Å². The van der Waals surface area contributed by atoms with E-state index in [9.17, 15) is 13.2 Å². The third kappa shape index (κ3) is 4.76. The summed E-state index contributed by atoms with van der Waals surface area (Å²) in [6.07, 6.45) is 0.773. The standard InChI is InChI=1S/C13H19N3O3S2/c1-3-8-15-13(17)9(2)16-21(18,19)11-7-5-4-6-10(11)12(14)20/h4-7,9,16H,3,8H2,1-2H3,(H2,14,20)(H,15,17). The highest BCUT2D eigenvalue weighted by Gasteiger charge is 2.24. The summed E-state index contributed by atoms with van der Waals surface area (Å²) in [4.78, 5) is 11.7. The molecule has 1 aromatic rings. The summed E-state index contributed by atoms with van der Waals surface area (Å²) < 4.78 is 27.0. The topological polar surface area (TPSA) is 101 Å². The number of rotatable bonds is 7. The van der Waals surface area contributed by atoms with Crippen molar-refractivity contribution in [3.05, 3.63) is 29.8 Å². The Balaban J connectivity index is 2.97. The van der Waals surface area contributed by atoms with Crippen LogP contribution < -0.4 is 15.8 Å². The molecule has 0 aliphatic carbocycles. The number of hydrogen-bond donors (Lipinski definition) is 3. The number of amides is 1. The zero-order valence-electron chi connectivity index (χ0n) is 11.9. The first-order chi connectivity index (χ1) is 9.79. The second kappa shape index (κ2) is 7.48. The highest BCUT2D eigenvalue weighted by molar-refractivity contribution is 7.89. The molecule has 116 valence electrons. The Labute approximate surface area is 130 Å². The number of thiocarbonyl (C=S) groups is 1. The molecule has 1 unspecified atom stereocenters. The number of nitrogens with one attached hydrogen (secondary N) is 2. The molecule has 0 saturated carbocycles. The van der Waals surface area contributed by atoms with E-state index in [1.54, 1.807) is 12.1 Å². The molecule has 0 spiro atoms. The van der Waals surface area contributed by atoms with Crippen LogP contribution in [0.3, 0.4) is 0 Å². The molecule has 6 nitrogen and oxygen atoms in total. The zero-order chi connectivity index (χ0) is 16.0. The molecule has 1 amide bonds. The lowest BCUT2D eigenvalue weighted by molar-refractivity contribution is -0.122. The van der Waals surface area contributed by atoms with E-state index in [0.29, 0.717) is 6.54 Å². The maximum absolute atomic E-state index is 12.3. The van der Waals surface area contributed by atoms with Crippen molar-refractivity contribution in [2.24, 2.45) is 5.73 Å². The van der Waals surface area contributed by atoms with Gasteiger partial charge in [0.15, 0.2) is 0 Å². The molecule has 1 aromatic carbocycles. The van der Waals surface area contributed by atoms with Crippen molar-refractivity contribution in [1.29, 1.82) is 0 Å². The molecule has 0 fully saturated rings. The van der Waals surface area contributed by atoms with Crippen LogP contribution in [-0.2, 0) is 14.8 Å². The van der Waals surface area contributed by atoms with Gasteiger partial charge in [0.05, 0.1) is 10.9 Å². The number of benzene rings is 1. The highest BCUT2D eigenvalue weighted by Crippen LogP contribution is 2.15. The van der Waals surface area contributed by atoms with Gasteiger partial charge in [-0.2, -0.15) is 4.72 Å². The Morgan fingerprint density at radius 1 is 1.38 bits per heavy atom. The van der Waals surface area contributed by atoms with E-state index < -0.39 is 16.1 Å². The van der Waals surface area contributed by atoms with Crippen LogP contribution in [0.4, 0.5) is 0 Å². The van der Waals surface area contributed by atoms with E-state index in [-0.39, 0.29) is 21.4 Å². The lowest BCUT2D eigenvalue weighted by Crippen LogP contribution is -2.45. The van der Waals surface area contributed by atoms with Gasteiger partial charge < -0.3 is 11.1 Å². The van der Waals surface area contributed by atoms with Gasteiger partial charge in [0, 0.05) is 12.1 Å². The monoisotopic (exact) mass is 329 g/mol. The first-order valence-corrected chi connectivity index (χ1v) is 8.37.